The maximum atomic E-state index is 11.7. The summed E-state index contributed by atoms with van der Waals surface area (Å²) in [5.41, 5.74) is 0.561. The highest BCUT2D eigenvalue weighted by atomic mass is 79.9. The number of rotatable bonds is 6. The molecule has 0 aliphatic carbocycles. The summed E-state index contributed by atoms with van der Waals surface area (Å²) >= 11 is 9.38. The minimum Gasteiger partial charge on any atom is -0.495 e. The fraction of sp³-hybridized carbons (Fsp3) is 0.417. The van der Waals surface area contributed by atoms with Crippen molar-refractivity contribution in [2.75, 3.05) is 26.0 Å². The number of benzene rings is 1. The van der Waals surface area contributed by atoms with Crippen LogP contribution in [0.25, 0.3) is 0 Å². The van der Waals surface area contributed by atoms with E-state index in [2.05, 4.69) is 26.6 Å². The molecule has 6 heteroatoms. The predicted octanol–water partition coefficient (Wildman–Crippen LogP) is 3.05. The minimum absolute atomic E-state index is 0.0588. The number of nitrogens with one attached hydrogen (secondary N) is 2. The minimum atomic E-state index is -0.0588. The van der Waals surface area contributed by atoms with Gasteiger partial charge in [0.25, 0.3) is 0 Å². The zero-order valence-electron chi connectivity index (χ0n) is 10.3. The highest BCUT2D eigenvalue weighted by Crippen LogP contribution is 2.34. The van der Waals surface area contributed by atoms with Gasteiger partial charge in [-0.15, -0.1) is 0 Å². The second kappa shape index (κ2) is 7.61. The van der Waals surface area contributed by atoms with Gasteiger partial charge < -0.3 is 15.4 Å². The van der Waals surface area contributed by atoms with Gasteiger partial charge in [-0.1, -0.05) is 11.6 Å². The number of hydrogen-bond acceptors (Lipinski definition) is 3. The maximum absolute atomic E-state index is 11.7. The lowest BCUT2D eigenvalue weighted by Gasteiger charge is -2.10. The molecule has 1 aromatic carbocycles. The highest BCUT2D eigenvalue weighted by molar-refractivity contribution is 9.10. The summed E-state index contributed by atoms with van der Waals surface area (Å²) in [6.07, 6.45) is 1.24. The third-order valence-corrected chi connectivity index (χ3v) is 3.28. The van der Waals surface area contributed by atoms with Crippen LogP contribution in [0.4, 0.5) is 5.69 Å². The largest absolute Gasteiger partial charge is 0.495 e. The molecule has 0 saturated carbocycles. The molecule has 100 valence electrons. The molecule has 1 rings (SSSR count). The van der Waals surface area contributed by atoms with Crippen LogP contribution in [0.5, 0.6) is 5.75 Å². The third-order valence-electron chi connectivity index (χ3n) is 2.35. The summed E-state index contributed by atoms with van der Waals surface area (Å²) in [6, 6.07) is 3.39. The molecule has 2 N–H and O–H groups in total. The van der Waals surface area contributed by atoms with E-state index in [-0.39, 0.29) is 5.91 Å². The van der Waals surface area contributed by atoms with E-state index in [1.807, 2.05) is 7.05 Å². The lowest BCUT2D eigenvalue weighted by molar-refractivity contribution is -0.116. The number of ether oxygens (including phenoxy) is 1. The van der Waals surface area contributed by atoms with E-state index in [0.29, 0.717) is 22.9 Å². The van der Waals surface area contributed by atoms with E-state index in [1.54, 1.807) is 19.2 Å². The Morgan fingerprint density at radius 2 is 2.22 bits per heavy atom. The van der Waals surface area contributed by atoms with Crippen molar-refractivity contribution in [3.05, 3.63) is 21.6 Å². The molecule has 0 bridgehead atoms. The average Bonchev–Trinajstić information content (AvgIpc) is 2.33. The van der Waals surface area contributed by atoms with E-state index >= 15 is 0 Å². The Morgan fingerprint density at radius 3 is 2.83 bits per heavy atom. The molecule has 0 spiro atoms. The van der Waals surface area contributed by atoms with Crippen LogP contribution in [0.2, 0.25) is 5.02 Å². The normalized spacial score (nSPS) is 10.2. The number of anilines is 1. The average molecular weight is 336 g/mol. The summed E-state index contributed by atoms with van der Waals surface area (Å²) in [7, 11) is 3.42. The van der Waals surface area contributed by atoms with Crippen molar-refractivity contribution in [1.29, 1.82) is 0 Å². The fourth-order valence-corrected chi connectivity index (χ4v) is 2.27. The Bertz CT molecular complexity index is 427. The van der Waals surface area contributed by atoms with Crippen LogP contribution >= 0.6 is 27.5 Å². The SMILES string of the molecule is CNCCCC(=O)Nc1cc(OC)c(Br)cc1Cl. The molecule has 1 aromatic rings. The number of carbonyl (C=O) groups is 1. The molecule has 1 amide bonds. The van der Waals surface area contributed by atoms with Gasteiger partial charge in [-0.25, -0.2) is 0 Å². The van der Waals surface area contributed by atoms with Crippen LogP contribution in [0.15, 0.2) is 16.6 Å². The van der Waals surface area contributed by atoms with Gasteiger partial charge in [-0.05, 0) is 42.0 Å². The Labute approximate surface area is 120 Å². The quantitative estimate of drug-likeness (QED) is 0.786. The first kappa shape index (κ1) is 15.3. The van der Waals surface area contributed by atoms with Gasteiger partial charge in [0, 0.05) is 12.5 Å². The van der Waals surface area contributed by atoms with Crippen molar-refractivity contribution in [3.8, 4) is 5.75 Å². The van der Waals surface area contributed by atoms with E-state index in [1.165, 1.54) is 0 Å². The molecule has 18 heavy (non-hydrogen) atoms. The second-order valence-corrected chi connectivity index (χ2v) is 4.98. The zero-order valence-corrected chi connectivity index (χ0v) is 12.7. The van der Waals surface area contributed by atoms with E-state index in [0.717, 1.165) is 17.4 Å². The number of amides is 1. The predicted molar refractivity (Wildman–Crippen MR) is 77.5 cm³/mol. The van der Waals surface area contributed by atoms with Crippen LogP contribution in [-0.4, -0.2) is 26.6 Å². The zero-order chi connectivity index (χ0) is 13.5. The Hall–Kier alpha value is -0.780. The molecule has 4 nitrogen and oxygen atoms in total. The summed E-state index contributed by atoms with van der Waals surface area (Å²) in [4.78, 5) is 11.7. The summed E-state index contributed by atoms with van der Waals surface area (Å²) in [5.74, 6) is 0.571. The lowest BCUT2D eigenvalue weighted by Crippen LogP contribution is -2.15. The first-order valence-corrected chi connectivity index (χ1v) is 6.73. The number of methoxy groups -OCH3 is 1. The summed E-state index contributed by atoms with van der Waals surface area (Å²) in [5, 5.41) is 6.24. The monoisotopic (exact) mass is 334 g/mol. The van der Waals surface area contributed by atoms with Crippen molar-refractivity contribution >= 4 is 39.1 Å². The smallest absolute Gasteiger partial charge is 0.224 e. The van der Waals surface area contributed by atoms with Crippen molar-refractivity contribution in [2.45, 2.75) is 12.8 Å². The van der Waals surface area contributed by atoms with Gasteiger partial charge in [0.2, 0.25) is 5.91 Å². The maximum Gasteiger partial charge on any atom is 0.224 e. The van der Waals surface area contributed by atoms with Crippen LogP contribution in [-0.2, 0) is 4.79 Å². The lowest BCUT2D eigenvalue weighted by atomic mass is 10.2. The first-order valence-electron chi connectivity index (χ1n) is 5.56. The van der Waals surface area contributed by atoms with Crippen LogP contribution in [0, 0.1) is 0 Å². The Morgan fingerprint density at radius 1 is 1.50 bits per heavy atom. The Kier molecular flexibility index (Phi) is 6.46. The number of halogens is 2. The molecule has 0 saturated heterocycles. The van der Waals surface area contributed by atoms with Crippen molar-refractivity contribution in [1.82, 2.24) is 5.32 Å². The highest BCUT2D eigenvalue weighted by Gasteiger charge is 2.10. The van der Waals surface area contributed by atoms with Crippen molar-refractivity contribution < 1.29 is 9.53 Å². The van der Waals surface area contributed by atoms with Gasteiger partial charge in [0.15, 0.2) is 0 Å². The van der Waals surface area contributed by atoms with E-state index in [9.17, 15) is 4.79 Å². The Balaban J connectivity index is 2.69. The van der Waals surface area contributed by atoms with Gasteiger partial charge in [0.1, 0.15) is 5.75 Å². The fourth-order valence-electron chi connectivity index (χ4n) is 1.42. The third kappa shape index (κ3) is 4.48. The van der Waals surface area contributed by atoms with Crippen LogP contribution in [0.3, 0.4) is 0 Å². The molecule has 0 unspecified atom stereocenters. The summed E-state index contributed by atoms with van der Waals surface area (Å²) < 4.78 is 5.91. The molecule has 0 aliphatic heterocycles. The van der Waals surface area contributed by atoms with Gasteiger partial charge in [-0.2, -0.15) is 0 Å². The van der Waals surface area contributed by atoms with Crippen LogP contribution < -0.4 is 15.4 Å². The molecule has 0 heterocycles. The standard InChI is InChI=1S/C12H16BrClN2O2/c1-15-5-3-4-12(17)16-10-7-11(18-2)8(13)6-9(10)14/h6-7,15H,3-5H2,1-2H3,(H,16,17). The second-order valence-electron chi connectivity index (χ2n) is 3.72. The van der Waals surface area contributed by atoms with Crippen molar-refractivity contribution in [3.63, 3.8) is 0 Å². The van der Waals surface area contributed by atoms with E-state index in [4.69, 9.17) is 16.3 Å². The summed E-state index contributed by atoms with van der Waals surface area (Å²) in [6.45, 7) is 0.810. The molecule has 0 radical (unpaired) electrons. The molecule has 0 atom stereocenters. The molecule has 0 aliphatic rings. The van der Waals surface area contributed by atoms with Gasteiger partial charge in [0.05, 0.1) is 22.3 Å². The van der Waals surface area contributed by atoms with E-state index < -0.39 is 0 Å². The number of hydrogen-bond donors (Lipinski definition) is 2. The molecule has 0 fully saturated rings. The molecular formula is C12H16BrClN2O2. The van der Waals surface area contributed by atoms with Crippen molar-refractivity contribution in [2.24, 2.45) is 0 Å². The molecule has 0 aromatic heterocycles. The molecular weight excluding hydrogens is 320 g/mol. The topological polar surface area (TPSA) is 50.4 Å². The van der Waals surface area contributed by atoms with Gasteiger partial charge in [-0.3, -0.25) is 4.79 Å². The van der Waals surface area contributed by atoms with Gasteiger partial charge >= 0.3 is 0 Å². The number of carbonyl (C=O) groups excluding carboxylic acids is 1. The van der Waals surface area contributed by atoms with Crippen LogP contribution in [0.1, 0.15) is 12.8 Å². The first-order chi connectivity index (χ1) is 8.58.